The van der Waals surface area contributed by atoms with Crippen LogP contribution < -0.4 is 14.8 Å². The fourth-order valence-electron chi connectivity index (χ4n) is 8.42. The number of aliphatic hydroxyl groups excluding tert-OH is 1. The molecule has 10 heteroatoms. The summed E-state index contributed by atoms with van der Waals surface area (Å²) >= 11 is 6.37. The highest BCUT2D eigenvalue weighted by Gasteiger charge is 2.46. The van der Waals surface area contributed by atoms with Crippen LogP contribution in [0.2, 0.25) is 5.02 Å². The van der Waals surface area contributed by atoms with E-state index in [1.807, 2.05) is 25.1 Å². The first-order valence-electron chi connectivity index (χ1n) is 15.8. The van der Waals surface area contributed by atoms with E-state index < -0.39 is 32.8 Å². The van der Waals surface area contributed by atoms with E-state index in [9.17, 15) is 23.4 Å². The molecule has 2 aromatic carbocycles. The predicted molar refractivity (Wildman–Crippen MR) is 172 cm³/mol. The molecule has 8 nitrogen and oxygen atoms in total. The molecule has 1 spiro atoms. The van der Waals surface area contributed by atoms with Gasteiger partial charge in [0, 0.05) is 23.5 Å². The molecule has 0 radical (unpaired) electrons. The van der Waals surface area contributed by atoms with Gasteiger partial charge >= 0.3 is 5.97 Å². The summed E-state index contributed by atoms with van der Waals surface area (Å²) in [6, 6.07) is 11.2. The van der Waals surface area contributed by atoms with E-state index in [0.717, 1.165) is 55.7 Å². The Labute approximate surface area is 265 Å². The number of carboxylic acids is 1. The van der Waals surface area contributed by atoms with Gasteiger partial charge in [0.1, 0.15) is 5.75 Å². The Bertz CT molecular complexity index is 1560. The van der Waals surface area contributed by atoms with Crippen molar-refractivity contribution in [2.75, 3.05) is 24.6 Å². The van der Waals surface area contributed by atoms with Crippen LogP contribution in [0.1, 0.15) is 79.8 Å². The van der Waals surface area contributed by atoms with E-state index in [0.29, 0.717) is 38.3 Å². The van der Waals surface area contributed by atoms with Gasteiger partial charge in [0.15, 0.2) is 0 Å². The molecule has 0 saturated heterocycles. The highest BCUT2D eigenvalue weighted by molar-refractivity contribution is 7.89. The number of anilines is 1. The topological polar surface area (TPSA) is 130 Å². The van der Waals surface area contributed by atoms with Crippen molar-refractivity contribution in [3.05, 3.63) is 70.3 Å². The van der Waals surface area contributed by atoms with E-state index in [-0.39, 0.29) is 22.8 Å². The maximum Gasteiger partial charge on any atom is 0.335 e. The van der Waals surface area contributed by atoms with Crippen LogP contribution in [-0.2, 0) is 21.9 Å². The SMILES string of the molecule is C[C@]1(C/C=C/[C@H](O)[C@@H]2CC[C@H]2CN2C[C@@]3(CCCc4cc(Cl)ccc43)COc3ccc(C(=O)O)cc32)CCC[C@@H]1S(N)(=O)=O. The maximum atomic E-state index is 12.2. The standard InChI is InChI=1S/C34H43ClN2O6S/c1-33(15-4-7-31(33)44(36,41)42)14-3-6-29(38)26-11-8-24(26)19-37-20-34(16-2-5-22-17-25(35)10-12-27(22)34)21-43-30-13-9-23(32(39)40)18-28(30)37/h3,6,9-10,12-13,17-18,24,26,29,31,38H,2,4-5,7-8,11,14-16,19-21H2,1H3,(H,39,40)(H2,36,41,42)/b6-3+/t24-,26+,29-,31-,33-,34-/m0/s1. The van der Waals surface area contributed by atoms with E-state index >= 15 is 0 Å². The van der Waals surface area contributed by atoms with Crippen molar-refractivity contribution in [3.8, 4) is 5.75 Å². The van der Waals surface area contributed by atoms with Gasteiger partial charge in [-0.3, -0.25) is 0 Å². The van der Waals surface area contributed by atoms with Gasteiger partial charge in [-0.1, -0.05) is 43.2 Å². The van der Waals surface area contributed by atoms with Crippen molar-refractivity contribution < 1.29 is 28.2 Å². The van der Waals surface area contributed by atoms with Gasteiger partial charge in [0.25, 0.3) is 0 Å². The number of primary sulfonamides is 1. The van der Waals surface area contributed by atoms with E-state index in [4.69, 9.17) is 21.5 Å². The van der Waals surface area contributed by atoms with Crippen LogP contribution in [-0.4, -0.2) is 55.7 Å². The molecule has 6 rings (SSSR count). The number of sulfonamides is 1. The van der Waals surface area contributed by atoms with Crippen molar-refractivity contribution in [3.63, 3.8) is 0 Å². The number of halogens is 1. The number of nitrogens with two attached hydrogens (primary N) is 1. The zero-order valence-electron chi connectivity index (χ0n) is 25.3. The summed E-state index contributed by atoms with van der Waals surface area (Å²) in [6.45, 7) is 3.83. The number of aryl methyl sites for hydroxylation is 1. The van der Waals surface area contributed by atoms with Gasteiger partial charge in [-0.25, -0.2) is 18.4 Å². The van der Waals surface area contributed by atoms with Crippen molar-refractivity contribution in [1.29, 1.82) is 0 Å². The number of hydrogen-bond acceptors (Lipinski definition) is 6. The minimum atomic E-state index is -3.62. The van der Waals surface area contributed by atoms with Gasteiger partial charge in [-0.2, -0.15) is 0 Å². The smallest absolute Gasteiger partial charge is 0.335 e. The molecule has 2 fully saturated rings. The third-order valence-electron chi connectivity index (χ3n) is 11.0. The van der Waals surface area contributed by atoms with Crippen LogP contribution in [0.5, 0.6) is 5.75 Å². The first-order valence-corrected chi connectivity index (χ1v) is 17.8. The number of rotatable bonds is 8. The predicted octanol–water partition coefficient (Wildman–Crippen LogP) is 5.69. The molecule has 4 aliphatic rings. The molecule has 4 N–H and O–H groups in total. The van der Waals surface area contributed by atoms with Gasteiger partial charge < -0.3 is 19.8 Å². The number of ether oxygens (including phenoxy) is 1. The normalized spacial score (nSPS) is 30.7. The zero-order valence-corrected chi connectivity index (χ0v) is 26.8. The quantitative estimate of drug-likeness (QED) is 0.315. The Balaban J connectivity index is 1.23. The third kappa shape index (κ3) is 6.00. The molecular weight excluding hydrogens is 600 g/mol. The fraction of sp³-hybridized carbons (Fsp3) is 0.559. The molecule has 0 amide bonds. The second-order valence-electron chi connectivity index (χ2n) is 13.8. The van der Waals surface area contributed by atoms with Crippen LogP contribution in [0.4, 0.5) is 5.69 Å². The number of aromatic carboxylic acids is 1. The number of benzene rings is 2. The fourth-order valence-corrected chi connectivity index (χ4v) is 10.1. The first kappa shape index (κ1) is 31.4. The number of nitrogens with zero attached hydrogens (tertiary/aromatic N) is 1. The summed E-state index contributed by atoms with van der Waals surface area (Å²) in [5.74, 6) is -0.0374. The molecule has 6 atom stereocenters. The third-order valence-corrected chi connectivity index (χ3v) is 12.8. The first-order chi connectivity index (χ1) is 20.9. The maximum absolute atomic E-state index is 12.2. The average Bonchev–Trinajstić information content (AvgIpc) is 3.28. The second-order valence-corrected chi connectivity index (χ2v) is 16.0. The van der Waals surface area contributed by atoms with Gasteiger partial charge in [-0.05, 0) is 110 Å². The van der Waals surface area contributed by atoms with E-state index in [2.05, 4.69) is 17.0 Å². The monoisotopic (exact) mass is 642 g/mol. The van der Waals surface area contributed by atoms with Gasteiger partial charge in [0.05, 0.1) is 29.2 Å². The van der Waals surface area contributed by atoms with Crippen LogP contribution in [0.3, 0.4) is 0 Å². The van der Waals surface area contributed by atoms with Crippen LogP contribution >= 0.6 is 11.6 Å². The minimum Gasteiger partial charge on any atom is -0.490 e. The summed E-state index contributed by atoms with van der Waals surface area (Å²) in [5, 5.41) is 26.7. The van der Waals surface area contributed by atoms with Crippen molar-refractivity contribution >= 4 is 33.3 Å². The number of carbonyl (C=O) groups is 1. The summed E-state index contributed by atoms with van der Waals surface area (Å²) in [5.41, 5.74) is 2.80. The Kier molecular flexibility index (Phi) is 8.54. The highest BCUT2D eigenvalue weighted by Crippen LogP contribution is 2.47. The van der Waals surface area contributed by atoms with E-state index in [1.54, 1.807) is 18.2 Å². The largest absolute Gasteiger partial charge is 0.490 e. The average molecular weight is 643 g/mol. The van der Waals surface area contributed by atoms with Gasteiger partial charge in [-0.15, -0.1) is 0 Å². The number of carboxylic acid groups (broad SMARTS) is 1. The number of allylic oxidation sites excluding steroid dienone is 1. The molecule has 0 bridgehead atoms. The Hall–Kier alpha value is -2.59. The van der Waals surface area contributed by atoms with Crippen LogP contribution in [0.15, 0.2) is 48.6 Å². The summed E-state index contributed by atoms with van der Waals surface area (Å²) < 4.78 is 30.8. The molecule has 2 aromatic rings. The van der Waals surface area contributed by atoms with Gasteiger partial charge in [0.2, 0.25) is 10.0 Å². The Morgan fingerprint density at radius 3 is 2.73 bits per heavy atom. The molecule has 0 unspecified atom stereocenters. The van der Waals surface area contributed by atoms with Crippen molar-refractivity contribution in [1.82, 2.24) is 0 Å². The summed E-state index contributed by atoms with van der Waals surface area (Å²) in [7, 11) is -3.62. The molecule has 44 heavy (non-hydrogen) atoms. The molecule has 1 heterocycles. The van der Waals surface area contributed by atoms with Crippen molar-refractivity contribution in [2.24, 2.45) is 22.4 Å². The highest BCUT2D eigenvalue weighted by atomic mass is 35.5. The molecule has 0 aromatic heterocycles. The lowest BCUT2D eigenvalue weighted by atomic mass is 9.68. The molecule has 238 valence electrons. The number of hydrogen-bond donors (Lipinski definition) is 3. The Morgan fingerprint density at radius 2 is 2.00 bits per heavy atom. The van der Waals surface area contributed by atoms with Crippen molar-refractivity contribution in [2.45, 2.75) is 81.5 Å². The van der Waals surface area contributed by atoms with Crippen LogP contribution in [0.25, 0.3) is 0 Å². The number of aliphatic hydroxyl groups is 1. The molecule has 1 aliphatic heterocycles. The minimum absolute atomic E-state index is 0.0559. The summed E-state index contributed by atoms with van der Waals surface area (Å²) in [6.07, 6.45) is 10.7. The molecular formula is C34H43ClN2O6S. The Morgan fingerprint density at radius 1 is 1.18 bits per heavy atom. The summed E-state index contributed by atoms with van der Waals surface area (Å²) in [4.78, 5) is 14.2. The van der Waals surface area contributed by atoms with Crippen LogP contribution in [0, 0.1) is 17.3 Å². The lowest BCUT2D eigenvalue weighted by Gasteiger charge is -2.45. The zero-order chi connectivity index (χ0) is 31.3. The second kappa shape index (κ2) is 12.0. The lowest BCUT2D eigenvalue weighted by molar-refractivity contribution is 0.0455. The van der Waals surface area contributed by atoms with E-state index in [1.165, 1.54) is 11.1 Å². The molecule has 2 saturated carbocycles. The number of fused-ring (bicyclic) bond motifs is 3. The lowest BCUT2D eigenvalue weighted by Crippen LogP contribution is -2.49. The molecule has 3 aliphatic carbocycles.